The molecule has 0 bridgehead atoms. The third-order valence-electron chi connectivity index (χ3n) is 3.86. The van der Waals surface area contributed by atoms with Crippen molar-refractivity contribution < 1.29 is 14.3 Å². The van der Waals surface area contributed by atoms with Crippen molar-refractivity contribution in [1.29, 1.82) is 0 Å². The van der Waals surface area contributed by atoms with Crippen molar-refractivity contribution in [3.63, 3.8) is 0 Å². The van der Waals surface area contributed by atoms with Crippen LogP contribution < -0.4 is 10.1 Å². The predicted octanol–water partition coefficient (Wildman–Crippen LogP) is 3.72. The Morgan fingerprint density at radius 1 is 1.18 bits per heavy atom. The Labute approximate surface area is 134 Å². The Bertz CT molecular complexity index is 442. The Morgan fingerprint density at radius 3 is 2.41 bits per heavy atom. The van der Waals surface area contributed by atoms with Crippen LogP contribution in [0.25, 0.3) is 0 Å². The highest BCUT2D eigenvalue weighted by molar-refractivity contribution is 5.78. The van der Waals surface area contributed by atoms with E-state index in [1.54, 1.807) is 14.2 Å². The van der Waals surface area contributed by atoms with Crippen LogP contribution >= 0.6 is 0 Å². The first-order chi connectivity index (χ1) is 10.7. The number of benzene rings is 1. The van der Waals surface area contributed by atoms with Gasteiger partial charge in [0.05, 0.1) is 13.2 Å². The van der Waals surface area contributed by atoms with E-state index in [9.17, 15) is 4.79 Å². The molecule has 0 saturated carbocycles. The van der Waals surface area contributed by atoms with Gasteiger partial charge in [-0.2, -0.15) is 0 Å². The molecule has 0 saturated heterocycles. The van der Waals surface area contributed by atoms with Gasteiger partial charge in [0.2, 0.25) is 5.91 Å². The van der Waals surface area contributed by atoms with Crippen molar-refractivity contribution in [3.05, 3.63) is 29.8 Å². The van der Waals surface area contributed by atoms with Gasteiger partial charge >= 0.3 is 0 Å². The maximum Gasteiger partial charge on any atom is 0.223 e. The molecule has 0 aliphatic carbocycles. The van der Waals surface area contributed by atoms with E-state index in [4.69, 9.17) is 9.47 Å². The van der Waals surface area contributed by atoms with E-state index >= 15 is 0 Å². The molecule has 0 fully saturated rings. The summed E-state index contributed by atoms with van der Waals surface area (Å²) in [4.78, 5) is 12.3. The van der Waals surface area contributed by atoms with Crippen LogP contribution in [-0.2, 0) is 9.53 Å². The fraction of sp³-hybridized carbons (Fsp3) is 0.611. The Kier molecular flexibility index (Phi) is 8.60. The maximum absolute atomic E-state index is 12.3. The maximum atomic E-state index is 12.3. The number of amides is 1. The summed E-state index contributed by atoms with van der Waals surface area (Å²) in [5.41, 5.74) is 1.00. The molecule has 4 heteroatoms. The molecule has 1 amide bonds. The SMILES string of the molecule is CCCC(CCC)C(=O)NCC(OC)c1cccc(OC)c1. The molecule has 1 N–H and O–H groups in total. The summed E-state index contributed by atoms with van der Waals surface area (Å²) in [5.74, 6) is 1.03. The second-order valence-corrected chi connectivity index (χ2v) is 5.52. The minimum Gasteiger partial charge on any atom is -0.497 e. The van der Waals surface area contributed by atoms with Gasteiger partial charge < -0.3 is 14.8 Å². The van der Waals surface area contributed by atoms with Crippen LogP contribution in [0.4, 0.5) is 0 Å². The van der Waals surface area contributed by atoms with Crippen molar-refractivity contribution in [3.8, 4) is 5.75 Å². The van der Waals surface area contributed by atoms with E-state index in [-0.39, 0.29) is 17.9 Å². The van der Waals surface area contributed by atoms with Crippen molar-refractivity contribution >= 4 is 5.91 Å². The third kappa shape index (κ3) is 5.68. The van der Waals surface area contributed by atoms with Crippen molar-refractivity contribution in [2.45, 2.75) is 45.6 Å². The highest BCUT2D eigenvalue weighted by Gasteiger charge is 2.18. The topological polar surface area (TPSA) is 47.6 Å². The molecule has 1 aromatic carbocycles. The largest absolute Gasteiger partial charge is 0.497 e. The molecule has 1 atom stereocenters. The van der Waals surface area contributed by atoms with Gasteiger partial charge in [-0.1, -0.05) is 38.8 Å². The number of ether oxygens (including phenoxy) is 2. The lowest BCUT2D eigenvalue weighted by Crippen LogP contribution is -2.34. The smallest absolute Gasteiger partial charge is 0.223 e. The third-order valence-corrected chi connectivity index (χ3v) is 3.86. The molecule has 4 nitrogen and oxygen atoms in total. The van der Waals surface area contributed by atoms with Gasteiger partial charge in [-0.25, -0.2) is 0 Å². The number of carbonyl (C=O) groups excluding carboxylic acids is 1. The molecule has 0 aliphatic heterocycles. The van der Waals surface area contributed by atoms with Crippen LogP contribution in [-0.4, -0.2) is 26.7 Å². The number of rotatable bonds is 10. The normalized spacial score (nSPS) is 12.2. The molecule has 0 aliphatic rings. The fourth-order valence-corrected chi connectivity index (χ4v) is 2.62. The van der Waals surface area contributed by atoms with Crippen LogP contribution in [0, 0.1) is 5.92 Å². The van der Waals surface area contributed by atoms with Crippen LogP contribution in [0.5, 0.6) is 5.75 Å². The lowest BCUT2D eigenvalue weighted by molar-refractivity contribution is -0.126. The number of methoxy groups -OCH3 is 2. The monoisotopic (exact) mass is 307 g/mol. The fourth-order valence-electron chi connectivity index (χ4n) is 2.62. The number of nitrogens with one attached hydrogen (secondary N) is 1. The lowest BCUT2D eigenvalue weighted by atomic mass is 9.97. The summed E-state index contributed by atoms with van der Waals surface area (Å²) in [6, 6.07) is 7.75. The van der Waals surface area contributed by atoms with E-state index in [2.05, 4.69) is 19.2 Å². The molecule has 1 aromatic rings. The molecular formula is C18H29NO3. The average molecular weight is 307 g/mol. The van der Waals surface area contributed by atoms with Gasteiger partial charge in [-0.05, 0) is 30.5 Å². The van der Waals surface area contributed by atoms with Crippen molar-refractivity contribution in [2.24, 2.45) is 5.92 Å². The van der Waals surface area contributed by atoms with Gasteiger partial charge in [0.1, 0.15) is 5.75 Å². The number of carbonyl (C=O) groups is 1. The zero-order valence-corrected chi connectivity index (χ0v) is 14.2. The van der Waals surface area contributed by atoms with Crippen LogP contribution in [0.15, 0.2) is 24.3 Å². The summed E-state index contributed by atoms with van der Waals surface area (Å²) >= 11 is 0. The molecule has 0 spiro atoms. The van der Waals surface area contributed by atoms with Crippen molar-refractivity contribution in [1.82, 2.24) is 5.32 Å². The standard InChI is InChI=1S/C18H29NO3/c1-5-8-14(9-6-2)18(20)19-13-17(22-4)15-10-7-11-16(12-15)21-3/h7,10-12,14,17H,5-6,8-9,13H2,1-4H3,(H,19,20). The first kappa shape index (κ1) is 18.5. The second kappa shape index (κ2) is 10.2. The lowest BCUT2D eigenvalue weighted by Gasteiger charge is -2.20. The zero-order chi connectivity index (χ0) is 16.4. The van der Waals surface area contributed by atoms with Gasteiger partial charge in [0.25, 0.3) is 0 Å². The summed E-state index contributed by atoms with van der Waals surface area (Å²) in [7, 11) is 3.30. The average Bonchev–Trinajstić information content (AvgIpc) is 2.55. The van der Waals surface area contributed by atoms with Gasteiger partial charge in [0.15, 0.2) is 0 Å². The van der Waals surface area contributed by atoms with Crippen LogP contribution in [0.3, 0.4) is 0 Å². The summed E-state index contributed by atoms with van der Waals surface area (Å²) in [5, 5.41) is 3.03. The molecule has 0 radical (unpaired) electrons. The van der Waals surface area contributed by atoms with Gasteiger partial charge in [0, 0.05) is 19.6 Å². The molecule has 0 heterocycles. The quantitative estimate of drug-likeness (QED) is 0.716. The second-order valence-electron chi connectivity index (χ2n) is 5.52. The minimum absolute atomic E-state index is 0.109. The molecule has 0 aromatic heterocycles. The minimum atomic E-state index is -0.164. The molecule has 124 valence electrons. The summed E-state index contributed by atoms with van der Waals surface area (Å²) in [6.07, 6.45) is 3.78. The highest BCUT2D eigenvalue weighted by atomic mass is 16.5. The Morgan fingerprint density at radius 2 is 1.86 bits per heavy atom. The molecule has 1 unspecified atom stereocenters. The predicted molar refractivity (Wildman–Crippen MR) is 89.1 cm³/mol. The molecule has 22 heavy (non-hydrogen) atoms. The van der Waals surface area contributed by atoms with E-state index in [1.165, 1.54) is 0 Å². The van der Waals surface area contributed by atoms with Gasteiger partial charge in [-0.15, -0.1) is 0 Å². The summed E-state index contributed by atoms with van der Waals surface area (Å²) < 4.78 is 10.7. The Balaban J connectivity index is 2.63. The Hall–Kier alpha value is -1.55. The number of hydrogen-bond acceptors (Lipinski definition) is 3. The molecule has 1 rings (SSSR count). The van der Waals surface area contributed by atoms with Gasteiger partial charge in [-0.3, -0.25) is 4.79 Å². The van der Waals surface area contributed by atoms with Crippen LogP contribution in [0.2, 0.25) is 0 Å². The van der Waals surface area contributed by atoms with Crippen molar-refractivity contribution in [2.75, 3.05) is 20.8 Å². The van der Waals surface area contributed by atoms with E-state index < -0.39 is 0 Å². The van der Waals surface area contributed by atoms with E-state index in [0.29, 0.717) is 6.54 Å². The van der Waals surface area contributed by atoms with E-state index in [0.717, 1.165) is 37.0 Å². The van der Waals surface area contributed by atoms with Crippen LogP contribution in [0.1, 0.15) is 51.2 Å². The zero-order valence-electron chi connectivity index (χ0n) is 14.2. The highest BCUT2D eigenvalue weighted by Crippen LogP contribution is 2.21. The first-order valence-corrected chi connectivity index (χ1v) is 8.10. The summed E-state index contributed by atoms with van der Waals surface area (Å²) in [6.45, 7) is 4.71. The number of hydrogen-bond donors (Lipinski definition) is 1. The first-order valence-electron chi connectivity index (χ1n) is 8.10. The molecular weight excluding hydrogens is 278 g/mol. The van der Waals surface area contributed by atoms with E-state index in [1.807, 2.05) is 24.3 Å².